The molecule has 2 heterocycles. The summed E-state index contributed by atoms with van der Waals surface area (Å²) in [5.41, 5.74) is 0.844. The topological polar surface area (TPSA) is 39.8 Å². The van der Waals surface area contributed by atoms with Crippen LogP contribution >= 0.6 is 0 Å². The number of hydrogen-bond donors (Lipinski definition) is 1. The van der Waals surface area contributed by atoms with Crippen molar-refractivity contribution in [1.29, 1.82) is 0 Å². The van der Waals surface area contributed by atoms with Crippen LogP contribution in [0.3, 0.4) is 0 Å². The third kappa shape index (κ3) is 2.08. The van der Waals surface area contributed by atoms with Gasteiger partial charge in [-0.05, 0) is 54.8 Å². The van der Waals surface area contributed by atoms with E-state index < -0.39 is 0 Å². The molecule has 1 aliphatic heterocycles. The molecule has 1 spiro atoms. The molecule has 1 aromatic rings. The van der Waals surface area contributed by atoms with Gasteiger partial charge in [0.15, 0.2) is 0 Å². The first-order chi connectivity index (χ1) is 10.9. The minimum absolute atomic E-state index is 0.389. The fraction of sp³-hybridized carbons (Fsp3) is 0.850. The highest BCUT2D eigenvalue weighted by Crippen LogP contribution is 2.67. The van der Waals surface area contributed by atoms with Crippen molar-refractivity contribution in [3.63, 3.8) is 0 Å². The lowest BCUT2D eigenvalue weighted by atomic mass is 9.48. The molecular formula is C20H33N3. The molecule has 1 aromatic heterocycles. The largest absolute Gasteiger partial charge is 0.334 e. The van der Waals surface area contributed by atoms with Crippen LogP contribution in [0.4, 0.5) is 0 Å². The zero-order chi connectivity index (χ0) is 16.4. The zero-order valence-corrected chi connectivity index (χ0v) is 15.4. The first-order valence-electron chi connectivity index (χ1n) is 9.64. The fourth-order valence-electron chi connectivity index (χ4n) is 6.70. The Kier molecular flexibility index (Phi) is 3.46. The van der Waals surface area contributed by atoms with E-state index in [9.17, 15) is 0 Å². The fourth-order valence-corrected chi connectivity index (χ4v) is 6.70. The van der Waals surface area contributed by atoms with Crippen molar-refractivity contribution in [3.05, 3.63) is 18.7 Å². The maximum Gasteiger partial charge on any atom is 0.0948 e. The molecule has 5 unspecified atom stereocenters. The minimum atomic E-state index is 0.389. The van der Waals surface area contributed by atoms with Crippen LogP contribution in [-0.4, -0.2) is 21.1 Å². The smallest absolute Gasteiger partial charge is 0.0948 e. The van der Waals surface area contributed by atoms with Crippen molar-refractivity contribution >= 4 is 0 Å². The average molecular weight is 316 g/mol. The molecule has 3 fully saturated rings. The number of hydrogen-bond acceptors (Lipinski definition) is 2. The first kappa shape index (κ1) is 15.7. The van der Waals surface area contributed by atoms with E-state index in [0.717, 1.165) is 29.7 Å². The number of nitrogens with zero attached hydrogens (tertiary/aromatic N) is 2. The van der Waals surface area contributed by atoms with E-state index in [4.69, 9.17) is 0 Å². The molecule has 2 saturated carbocycles. The Hall–Kier alpha value is -0.830. The molecule has 0 radical (unpaired) electrons. The van der Waals surface area contributed by atoms with Gasteiger partial charge in [0.05, 0.1) is 6.33 Å². The molecule has 128 valence electrons. The number of nitrogens with one attached hydrogen (secondary N) is 1. The summed E-state index contributed by atoms with van der Waals surface area (Å²) in [6.07, 6.45) is 11.4. The van der Waals surface area contributed by atoms with Crippen molar-refractivity contribution in [2.75, 3.05) is 0 Å². The third-order valence-electron chi connectivity index (χ3n) is 7.74. The van der Waals surface area contributed by atoms with E-state index >= 15 is 0 Å². The van der Waals surface area contributed by atoms with Crippen LogP contribution in [0.15, 0.2) is 18.7 Å². The van der Waals surface area contributed by atoms with Crippen LogP contribution in [0.5, 0.6) is 0 Å². The van der Waals surface area contributed by atoms with Gasteiger partial charge in [0.2, 0.25) is 0 Å². The first-order valence-corrected chi connectivity index (χ1v) is 9.64. The molecule has 3 nitrogen and oxygen atoms in total. The summed E-state index contributed by atoms with van der Waals surface area (Å²) < 4.78 is 2.35. The number of aromatic nitrogens is 2. The maximum absolute atomic E-state index is 4.28. The molecule has 23 heavy (non-hydrogen) atoms. The van der Waals surface area contributed by atoms with Crippen LogP contribution in [0.1, 0.15) is 66.3 Å². The van der Waals surface area contributed by atoms with Gasteiger partial charge < -0.3 is 9.88 Å². The van der Waals surface area contributed by atoms with Crippen molar-refractivity contribution < 1.29 is 0 Å². The van der Waals surface area contributed by atoms with Crippen LogP contribution < -0.4 is 5.32 Å². The summed E-state index contributed by atoms with van der Waals surface area (Å²) in [7, 11) is 0. The summed E-state index contributed by atoms with van der Waals surface area (Å²) in [5, 5.41) is 4.01. The number of imidazole rings is 1. The van der Waals surface area contributed by atoms with E-state index in [2.05, 4.69) is 55.7 Å². The quantitative estimate of drug-likeness (QED) is 0.846. The molecular weight excluding hydrogens is 282 g/mol. The molecule has 3 aliphatic rings. The van der Waals surface area contributed by atoms with Gasteiger partial charge in [-0.25, -0.2) is 4.98 Å². The Labute approximate surface area is 141 Å². The SMILES string of the molecule is CC(C)C1CC2NC23CC(n2ccnc2)CC[C@]3(C)C1C(C)C. The summed E-state index contributed by atoms with van der Waals surface area (Å²) in [4.78, 5) is 4.28. The Morgan fingerprint density at radius 2 is 2.00 bits per heavy atom. The summed E-state index contributed by atoms with van der Waals surface area (Å²) in [6.45, 7) is 12.4. The Balaban J connectivity index is 1.67. The Morgan fingerprint density at radius 3 is 2.61 bits per heavy atom. The molecule has 0 amide bonds. The number of rotatable bonds is 3. The molecule has 4 rings (SSSR count). The summed E-state index contributed by atoms with van der Waals surface area (Å²) >= 11 is 0. The van der Waals surface area contributed by atoms with E-state index in [1.165, 1.54) is 25.7 Å². The van der Waals surface area contributed by atoms with Crippen LogP contribution in [0.2, 0.25) is 0 Å². The maximum atomic E-state index is 4.28. The van der Waals surface area contributed by atoms with Gasteiger partial charge in [-0.15, -0.1) is 0 Å². The second kappa shape index (κ2) is 5.08. The van der Waals surface area contributed by atoms with Gasteiger partial charge in [-0.3, -0.25) is 0 Å². The monoisotopic (exact) mass is 315 g/mol. The standard InChI is InChI=1S/C20H33N3/c1-13(2)16-10-17-20(22-17)11-15(23-9-8-21-12-23)6-7-19(20,5)18(16)14(3)4/h8-9,12-18,22H,6-7,10-11H2,1-5H3/t15?,16?,17?,18?,19-,20?/m1/s1. The van der Waals surface area contributed by atoms with Gasteiger partial charge in [-0.1, -0.05) is 34.6 Å². The molecule has 6 atom stereocenters. The lowest BCUT2D eigenvalue weighted by Crippen LogP contribution is -2.56. The van der Waals surface area contributed by atoms with Crippen molar-refractivity contribution in [2.24, 2.45) is 29.1 Å². The Bertz CT molecular complexity index is 563. The van der Waals surface area contributed by atoms with Gasteiger partial charge >= 0.3 is 0 Å². The van der Waals surface area contributed by atoms with E-state index in [1.54, 1.807) is 0 Å². The second-order valence-electron chi connectivity index (χ2n) is 9.41. The highest BCUT2D eigenvalue weighted by Gasteiger charge is 2.72. The molecule has 1 N–H and O–H groups in total. The lowest BCUT2D eigenvalue weighted by molar-refractivity contribution is -0.0492. The molecule has 0 aromatic carbocycles. The van der Waals surface area contributed by atoms with Crippen LogP contribution in [-0.2, 0) is 0 Å². The Morgan fingerprint density at radius 1 is 1.22 bits per heavy atom. The summed E-state index contributed by atoms with van der Waals surface area (Å²) in [5.74, 6) is 3.29. The van der Waals surface area contributed by atoms with E-state index in [1.807, 2.05) is 12.5 Å². The van der Waals surface area contributed by atoms with Gasteiger partial charge in [-0.2, -0.15) is 0 Å². The van der Waals surface area contributed by atoms with Crippen LogP contribution in [0.25, 0.3) is 0 Å². The zero-order valence-electron chi connectivity index (χ0n) is 15.4. The predicted molar refractivity (Wildman–Crippen MR) is 94.1 cm³/mol. The lowest BCUT2D eigenvalue weighted by Gasteiger charge is -2.57. The summed E-state index contributed by atoms with van der Waals surface area (Å²) in [6, 6.07) is 1.38. The van der Waals surface area contributed by atoms with Crippen LogP contribution in [0, 0.1) is 29.1 Å². The van der Waals surface area contributed by atoms with E-state index in [0.29, 0.717) is 17.0 Å². The third-order valence-corrected chi connectivity index (χ3v) is 7.74. The molecule has 0 bridgehead atoms. The highest BCUT2D eigenvalue weighted by atomic mass is 15.3. The van der Waals surface area contributed by atoms with Gasteiger partial charge in [0.25, 0.3) is 0 Å². The molecule has 3 heteroatoms. The van der Waals surface area contributed by atoms with Gasteiger partial charge in [0, 0.05) is 30.0 Å². The molecule has 1 saturated heterocycles. The van der Waals surface area contributed by atoms with Crippen molar-refractivity contribution in [3.8, 4) is 0 Å². The average Bonchev–Trinajstić information content (AvgIpc) is 2.94. The van der Waals surface area contributed by atoms with Crippen molar-refractivity contribution in [1.82, 2.24) is 14.9 Å². The second-order valence-corrected chi connectivity index (χ2v) is 9.41. The highest BCUT2D eigenvalue weighted by molar-refractivity contribution is 5.29. The normalized spacial score (nSPS) is 45.9. The predicted octanol–water partition coefficient (Wildman–Crippen LogP) is 4.27. The van der Waals surface area contributed by atoms with E-state index in [-0.39, 0.29) is 0 Å². The molecule has 2 aliphatic carbocycles. The van der Waals surface area contributed by atoms with Crippen molar-refractivity contribution in [2.45, 2.75) is 77.9 Å². The minimum Gasteiger partial charge on any atom is -0.334 e. The van der Waals surface area contributed by atoms with Gasteiger partial charge in [0.1, 0.15) is 0 Å².